The highest BCUT2D eigenvalue weighted by Gasteiger charge is 2.34. The Hall–Kier alpha value is -2.84. The summed E-state index contributed by atoms with van der Waals surface area (Å²) < 4.78 is 5.46. The third-order valence-electron chi connectivity index (χ3n) is 4.07. The van der Waals surface area contributed by atoms with Crippen LogP contribution in [0.25, 0.3) is 6.08 Å². The molecule has 0 bridgehead atoms. The molecule has 2 aromatic rings. The Balaban J connectivity index is 1.77. The number of hydrogen-bond donors (Lipinski definition) is 1. The smallest absolute Gasteiger partial charge is 0.285 e. The number of hydrazine groups is 1. The predicted molar refractivity (Wildman–Crippen MR) is 116 cm³/mol. The minimum absolute atomic E-state index is 0.268. The number of methoxy groups -OCH3 is 1. The van der Waals surface area contributed by atoms with Gasteiger partial charge in [-0.3, -0.25) is 15.0 Å². The van der Waals surface area contributed by atoms with Crippen LogP contribution in [0.4, 0.5) is 5.69 Å². The van der Waals surface area contributed by atoms with Crippen LogP contribution in [0, 0.1) is 0 Å². The highest BCUT2D eigenvalue weighted by molar-refractivity contribution is 8.26. The highest BCUT2D eigenvalue weighted by Crippen LogP contribution is 2.32. The first-order valence-corrected chi connectivity index (χ1v) is 9.62. The number of hydrogen-bond acceptors (Lipinski definition) is 6. The average Bonchev–Trinajstić information content (AvgIpc) is 2.95. The van der Waals surface area contributed by atoms with Crippen molar-refractivity contribution in [2.45, 2.75) is 0 Å². The number of thioether (sulfide) groups is 1. The van der Waals surface area contributed by atoms with Crippen molar-refractivity contribution in [2.75, 3.05) is 26.1 Å². The van der Waals surface area contributed by atoms with Crippen LogP contribution < -0.4 is 15.1 Å². The zero-order valence-electron chi connectivity index (χ0n) is 15.6. The van der Waals surface area contributed by atoms with Crippen LogP contribution in [0.15, 0.2) is 53.4 Å². The molecule has 144 valence electrons. The van der Waals surface area contributed by atoms with Gasteiger partial charge in [0, 0.05) is 19.8 Å². The van der Waals surface area contributed by atoms with E-state index in [1.54, 1.807) is 30.3 Å². The summed E-state index contributed by atoms with van der Waals surface area (Å²) in [4.78, 5) is 27.7. The summed E-state index contributed by atoms with van der Waals surface area (Å²) in [5.41, 5.74) is 4.83. The Bertz CT molecular complexity index is 955. The first-order chi connectivity index (χ1) is 13.4. The maximum atomic E-state index is 12.7. The molecule has 28 heavy (non-hydrogen) atoms. The van der Waals surface area contributed by atoms with Gasteiger partial charge < -0.3 is 9.64 Å². The Labute approximate surface area is 173 Å². The summed E-state index contributed by atoms with van der Waals surface area (Å²) in [6.45, 7) is 0. The second kappa shape index (κ2) is 8.45. The molecule has 8 heteroatoms. The van der Waals surface area contributed by atoms with Crippen LogP contribution in [0.5, 0.6) is 5.75 Å². The predicted octanol–water partition coefficient (Wildman–Crippen LogP) is 3.31. The van der Waals surface area contributed by atoms with Crippen molar-refractivity contribution in [3.8, 4) is 5.75 Å². The molecule has 3 rings (SSSR count). The topological polar surface area (TPSA) is 61.9 Å². The molecule has 0 radical (unpaired) electrons. The van der Waals surface area contributed by atoms with Crippen molar-refractivity contribution >= 4 is 51.9 Å². The molecule has 1 fully saturated rings. The Morgan fingerprint density at radius 2 is 1.86 bits per heavy atom. The van der Waals surface area contributed by atoms with E-state index in [0.717, 1.165) is 28.0 Å². The number of rotatable bonds is 5. The Morgan fingerprint density at radius 3 is 2.50 bits per heavy atom. The number of nitrogens with zero attached hydrogens (tertiary/aromatic N) is 2. The van der Waals surface area contributed by atoms with Crippen LogP contribution in [0.3, 0.4) is 0 Å². The fourth-order valence-corrected chi connectivity index (χ4v) is 3.76. The van der Waals surface area contributed by atoms with E-state index >= 15 is 0 Å². The van der Waals surface area contributed by atoms with Crippen molar-refractivity contribution in [3.63, 3.8) is 0 Å². The summed E-state index contributed by atoms with van der Waals surface area (Å²) in [5.74, 6) is -0.415. The van der Waals surface area contributed by atoms with Gasteiger partial charge in [-0.25, -0.2) is 0 Å². The second-order valence-electron chi connectivity index (χ2n) is 6.14. The SMILES string of the molecule is COc1ccccc1C(=O)NN1C(=O)/C(=C\c2ccc(N(C)C)cc2)SC1=S. The van der Waals surface area contributed by atoms with Gasteiger partial charge in [0.05, 0.1) is 17.6 Å². The molecule has 0 aliphatic carbocycles. The van der Waals surface area contributed by atoms with Crippen LogP contribution >= 0.6 is 24.0 Å². The van der Waals surface area contributed by atoms with E-state index in [1.807, 2.05) is 43.3 Å². The van der Waals surface area contributed by atoms with Gasteiger partial charge in [0.15, 0.2) is 4.32 Å². The third-order valence-corrected chi connectivity index (χ3v) is 5.37. The molecule has 6 nitrogen and oxygen atoms in total. The second-order valence-corrected chi connectivity index (χ2v) is 7.82. The van der Waals surface area contributed by atoms with Gasteiger partial charge in [-0.15, -0.1) is 0 Å². The molecular weight excluding hydrogens is 394 g/mol. The van der Waals surface area contributed by atoms with E-state index < -0.39 is 5.91 Å². The average molecular weight is 414 g/mol. The number of thiocarbonyl (C=S) groups is 1. The molecule has 0 aromatic heterocycles. The quantitative estimate of drug-likeness (QED) is 0.599. The van der Waals surface area contributed by atoms with E-state index in [2.05, 4.69) is 5.43 Å². The van der Waals surface area contributed by atoms with Crippen molar-refractivity contribution < 1.29 is 14.3 Å². The molecule has 2 aromatic carbocycles. The van der Waals surface area contributed by atoms with Gasteiger partial charge in [-0.05, 0) is 48.1 Å². The van der Waals surface area contributed by atoms with Gasteiger partial charge in [0.2, 0.25) is 0 Å². The number of amides is 2. The normalized spacial score (nSPS) is 15.1. The summed E-state index contributed by atoms with van der Waals surface area (Å²) in [5, 5.41) is 1.09. The van der Waals surface area contributed by atoms with Gasteiger partial charge in [0.25, 0.3) is 11.8 Å². The van der Waals surface area contributed by atoms with Crippen molar-refractivity contribution in [2.24, 2.45) is 0 Å². The lowest BCUT2D eigenvalue weighted by Gasteiger charge is -2.16. The van der Waals surface area contributed by atoms with E-state index in [-0.39, 0.29) is 10.2 Å². The zero-order chi connectivity index (χ0) is 20.3. The standard InChI is InChI=1S/C20H19N3O3S2/c1-22(2)14-10-8-13(9-11-14)12-17-19(25)23(20(27)28-17)21-18(24)15-6-4-5-7-16(15)26-3/h4-12H,1-3H3,(H,21,24)/b17-12+. The number of ether oxygens (including phenoxy) is 1. The lowest BCUT2D eigenvalue weighted by Crippen LogP contribution is -2.44. The van der Waals surface area contributed by atoms with E-state index in [9.17, 15) is 9.59 Å². The molecule has 1 saturated heterocycles. The molecule has 0 unspecified atom stereocenters. The molecule has 0 spiro atoms. The molecule has 1 aliphatic heterocycles. The number of nitrogens with one attached hydrogen (secondary N) is 1. The van der Waals surface area contributed by atoms with Crippen molar-refractivity contribution in [1.29, 1.82) is 0 Å². The number of carbonyl (C=O) groups is 2. The largest absolute Gasteiger partial charge is 0.496 e. The molecular formula is C20H19N3O3S2. The summed E-state index contributed by atoms with van der Waals surface area (Å²) in [6, 6.07) is 14.6. The zero-order valence-corrected chi connectivity index (χ0v) is 17.3. The third kappa shape index (κ3) is 4.18. The fraction of sp³-hybridized carbons (Fsp3) is 0.150. The molecule has 1 aliphatic rings. The van der Waals surface area contributed by atoms with Crippen LogP contribution in [-0.4, -0.2) is 42.3 Å². The highest BCUT2D eigenvalue weighted by atomic mass is 32.2. The van der Waals surface area contributed by atoms with E-state index in [4.69, 9.17) is 17.0 Å². The van der Waals surface area contributed by atoms with Gasteiger partial charge in [0.1, 0.15) is 5.75 Å². The number of anilines is 1. The fourth-order valence-electron chi connectivity index (χ4n) is 2.58. The van der Waals surface area contributed by atoms with E-state index in [1.165, 1.54) is 7.11 Å². The first kappa shape index (κ1) is 19.9. The number of carbonyl (C=O) groups excluding carboxylic acids is 2. The number of para-hydroxylation sites is 1. The van der Waals surface area contributed by atoms with E-state index in [0.29, 0.717) is 16.2 Å². The molecule has 1 N–H and O–H groups in total. The van der Waals surface area contributed by atoms with Gasteiger partial charge in [-0.2, -0.15) is 5.01 Å². The lowest BCUT2D eigenvalue weighted by atomic mass is 10.2. The summed E-state index contributed by atoms with van der Waals surface area (Å²) in [6.07, 6.45) is 1.76. The van der Waals surface area contributed by atoms with Gasteiger partial charge in [-0.1, -0.05) is 36.0 Å². The number of benzene rings is 2. The van der Waals surface area contributed by atoms with Crippen LogP contribution in [-0.2, 0) is 4.79 Å². The minimum Gasteiger partial charge on any atom is -0.496 e. The van der Waals surface area contributed by atoms with Crippen molar-refractivity contribution in [3.05, 3.63) is 64.6 Å². The van der Waals surface area contributed by atoms with Crippen LogP contribution in [0.2, 0.25) is 0 Å². The Morgan fingerprint density at radius 1 is 1.18 bits per heavy atom. The van der Waals surface area contributed by atoms with Crippen molar-refractivity contribution in [1.82, 2.24) is 10.4 Å². The van der Waals surface area contributed by atoms with Gasteiger partial charge >= 0.3 is 0 Å². The van der Waals surface area contributed by atoms with Crippen LogP contribution in [0.1, 0.15) is 15.9 Å². The molecule has 2 amide bonds. The Kier molecular flexibility index (Phi) is 6.01. The summed E-state index contributed by atoms with van der Waals surface area (Å²) >= 11 is 6.42. The molecule has 0 atom stereocenters. The monoisotopic (exact) mass is 413 g/mol. The molecule has 1 heterocycles. The maximum absolute atomic E-state index is 12.7. The minimum atomic E-state index is -0.467. The maximum Gasteiger partial charge on any atom is 0.285 e. The summed E-state index contributed by atoms with van der Waals surface area (Å²) in [7, 11) is 5.41. The lowest BCUT2D eigenvalue weighted by molar-refractivity contribution is -0.123. The first-order valence-electron chi connectivity index (χ1n) is 8.40. The molecule has 0 saturated carbocycles.